The second-order valence-electron chi connectivity index (χ2n) is 10.8. The molecule has 6 heteroatoms. The van der Waals surface area contributed by atoms with Crippen molar-refractivity contribution in [3.8, 4) is 0 Å². The number of fused-ring (bicyclic) bond motifs is 1. The van der Waals surface area contributed by atoms with E-state index in [-0.39, 0.29) is 6.17 Å². The van der Waals surface area contributed by atoms with Crippen LogP contribution in [0.1, 0.15) is 63.9 Å². The van der Waals surface area contributed by atoms with Crippen molar-refractivity contribution in [2.75, 3.05) is 26.7 Å². The third kappa shape index (κ3) is 6.04. The summed E-state index contributed by atoms with van der Waals surface area (Å²) in [4.78, 5) is 9.90. The maximum absolute atomic E-state index is 4.77. The predicted octanol–water partition coefficient (Wildman–Crippen LogP) is 4.78. The van der Waals surface area contributed by atoms with Gasteiger partial charge in [-0.25, -0.2) is 0 Å². The van der Waals surface area contributed by atoms with E-state index in [1.165, 1.54) is 67.0 Å². The van der Waals surface area contributed by atoms with E-state index in [4.69, 9.17) is 4.99 Å². The first-order chi connectivity index (χ1) is 17.7. The van der Waals surface area contributed by atoms with Gasteiger partial charge in [0.25, 0.3) is 0 Å². The third-order valence-corrected chi connectivity index (χ3v) is 8.26. The van der Waals surface area contributed by atoms with Crippen LogP contribution in [-0.4, -0.2) is 60.7 Å². The van der Waals surface area contributed by atoms with Gasteiger partial charge in [0, 0.05) is 38.4 Å². The molecule has 2 aromatic carbocycles. The van der Waals surface area contributed by atoms with Crippen LogP contribution in [0.5, 0.6) is 0 Å². The van der Waals surface area contributed by atoms with Crippen molar-refractivity contribution in [2.24, 2.45) is 4.99 Å². The van der Waals surface area contributed by atoms with Crippen molar-refractivity contribution in [1.29, 1.82) is 0 Å². The van der Waals surface area contributed by atoms with Crippen molar-refractivity contribution < 1.29 is 0 Å². The fourth-order valence-electron chi connectivity index (χ4n) is 6.02. The maximum Gasteiger partial charge on any atom is 0.196 e. The molecule has 0 spiro atoms. The molecule has 2 aromatic rings. The van der Waals surface area contributed by atoms with Gasteiger partial charge in [-0.3, -0.25) is 15.2 Å². The highest BCUT2D eigenvalue weighted by atomic mass is 15.3. The van der Waals surface area contributed by atoms with Gasteiger partial charge in [0.2, 0.25) is 0 Å². The number of rotatable bonds is 9. The van der Waals surface area contributed by atoms with Crippen LogP contribution in [0, 0.1) is 0 Å². The molecule has 2 fully saturated rings. The molecule has 1 saturated heterocycles. The molecule has 3 N–H and O–H groups in total. The summed E-state index contributed by atoms with van der Waals surface area (Å²) >= 11 is 0. The van der Waals surface area contributed by atoms with E-state index in [1.54, 1.807) is 0 Å². The van der Waals surface area contributed by atoms with E-state index in [0.717, 1.165) is 38.6 Å². The number of aliphatic imine (C=N–C) groups is 1. The van der Waals surface area contributed by atoms with Gasteiger partial charge in [-0.05, 0) is 61.5 Å². The van der Waals surface area contributed by atoms with Gasteiger partial charge in [-0.2, -0.15) is 0 Å². The van der Waals surface area contributed by atoms with Crippen LogP contribution < -0.4 is 16.0 Å². The third-order valence-electron chi connectivity index (χ3n) is 8.26. The summed E-state index contributed by atoms with van der Waals surface area (Å²) in [5.74, 6) is 0.901. The fourth-order valence-corrected chi connectivity index (χ4v) is 6.02. The van der Waals surface area contributed by atoms with E-state index in [2.05, 4.69) is 88.4 Å². The summed E-state index contributed by atoms with van der Waals surface area (Å²) in [6, 6.07) is 16.6. The molecule has 3 aliphatic rings. The number of nitrogens with one attached hydrogen (secondary N) is 3. The minimum atomic E-state index is 0.104. The number of hydrogen-bond donors (Lipinski definition) is 3. The lowest BCUT2D eigenvalue weighted by Gasteiger charge is -2.41. The van der Waals surface area contributed by atoms with Gasteiger partial charge in [0.05, 0.1) is 5.70 Å². The van der Waals surface area contributed by atoms with Crippen molar-refractivity contribution in [2.45, 2.75) is 83.1 Å². The Hall–Kier alpha value is -2.57. The first-order valence-corrected chi connectivity index (χ1v) is 14.2. The van der Waals surface area contributed by atoms with Crippen LogP contribution in [0.4, 0.5) is 0 Å². The second-order valence-corrected chi connectivity index (χ2v) is 10.8. The minimum Gasteiger partial charge on any atom is -0.371 e. The topological polar surface area (TPSA) is 54.9 Å². The van der Waals surface area contributed by atoms with Crippen molar-refractivity contribution in [1.82, 2.24) is 25.8 Å². The van der Waals surface area contributed by atoms with Crippen molar-refractivity contribution in [3.05, 3.63) is 59.9 Å². The summed E-state index contributed by atoms with van der Waals surface area (Å²) in [7, 11) is 2.27. The molecule has 0 aromatic heterocycles. The monoisotopic (exact) mass is 488 g/mol. The highest BCUT2D eigenvalue weighted by Crippen LogP contribution is 2.27. The predicted molar refractivity (Wildman–Crippen MR) is 151 cm³/mol. The summed E-state index contributed by atoms with van der Waals surface area (Å²) in [6.45, 7) is 6.37. The molecule has 2 heterocycles. The molecule has 36 heavy (non-hydrogen) atoms. The number of unbranched alkanes of at least 4 members (excludes halogenated alkanes) is 1. The summed E-state index contributed by atoms with van der Waals surface area (Å²) in [5.41, 5.74) is 2.75. The van der Waals surface area contributed by atoms with Gasteiger partial charge >= 0.3 is 0 Å². The molecule has 1 aliphatic carbocycles. The Morgan fingerprint density at radius 3 is 2.61 bits per heavy atom. The Labute approximate surface area is 217 Å². The normalized spacial score (nSPS) is 23.0. The van der Waals surface area contributed by atoms with Gasteiger partial charge in [0.15, 0.2) is 5.96 Å². The molecule has 1 saturated carbocycles. The lowest BCUT2D eigenvalue weighted by Crippen LogP contribution is -2.60. The zero-order valence-corrected chi connectivity index (χ0v) is 22.2. The standard InChI is InChI=1S/C30H44N6/c1-3-4-18-31-30-32-21-28(35(2)26-13-6-7-14-26)29(34-30)33-25-16-19-36(20-17-25)22-24-12-9-11-23-10-5-8-15-27(23)24/h5,8-12,15,21,25-26,29,33H,3-4,6-7,13-14,16-20,22H2,1-2H3,(H2,31,32,34). The summed E-state index contributed by atoms with van der Waals surface area (Å²) in [5, 5.41) is 13.8. The highest BCUT2D eigenvalue weighted by Gasteiger charge is 2.31. The number of nitrogens with zero attached hydrogens (tertiary/aromatic N) is 3. The second kappa shape index (κ2) is 12.1. The molecular formula is C30H44N6. The summed E-state index contributed by atoms with van der Waals surface area (Å²) in [6.07, 6.45) is 12.2. The van der Waals surface area contributed by atoms with Crippen molar-refractivity contribution in [3.63, 3.8) is 0 Å². The number of likely N-dealkylation sites (N-methyl/N-ethyl adjacent to an activating group) is 1. The maximum atomic E-state index is 4.77. The number of hydrogen-bond acceptors (Lipinski definition) is 4. The Morgan fingerprint density at radius 2 is 1.81 bits per heavy atom. The quantitative estimate of drug-likeness (QED) is 0.444. The Kier molecular flexibility index (Phi) is 8.44. The van der Waals surface area contributed by atoms with Crippen LogP contribution in [0.2, 0.25) is 0 Å². The zero-order chi connectivity index (χ0) is 24.7. The first kappa shape index (κ1) is 25.1. The molecule has 0 bridgehead atoms. The first-order valence-electron chi connectivity index (χ1n) is 14.2. The van der Waals surface area contributed by atoms with Crippen molar-refractivity contribution >= 4 is 16.7 Å². The molecule has 0 radical (unpaired) electrons. The smallest absolute Gasteiger partial charge is 0.196 e. The molecule has 0 amide bonds. The fraction of sp³-hybridized carbons (Fsp3) is 0.567. The Morgan fingerprint density at radius 1 is 1.03 bits per heavy atom. The van der Waals surface area contributed by atoms with Gasteiger partial charge in [-0.15, -0.1) is 0 Å². The van der Waals surface area contributed by atoms with E-state index in [1.807, 2.05) is 0 Å². The molecule has 6 nitrogen and oxygen atoms in total. The highest BCUT2D eigenvalue weighted by molar-refractivity contribution is 5.85. The Bertz CT molecular complexity index is 1040. The average Bonchev–Trinajstić information content (AvgIpc) is 3.45. The van der Waals surface area contributed by atoms with E-state index in [9.17, 15) is 0 Å². The SMILES string of the molecule is CCCCN=C1NC=C(N(C)C2CCCC2)C(NC2CCN(Cc3cccc4ccccc34)CC2)N1. The van der Waals surface area contributed by atoms with Crippen LogP contribution >= 0.6 is 0 Å². The molecule has 5 rings (SSSR count). The van der Waals surface area contributed by atoms with Crippen LogP contribution in [0.3, 0.4) is 0 Å². The number of likely N-dealkylation sites (tertiary alicyclic amines) is 1. The minimum absolute atomic E-state index is 0.104. The number of piperidine rings is 1. The molecule has 1 unspecified atom stereocenters. The van der Waals surface area contributed by atoms with E-state index < -0.39 is 0 Å². The summed E-state index contributed by atoms with van der Waals surface area (Å²) < 4.78 is 0. The Balaban J connectivity index is 1.21. The lowest BCUT2D eigenvalue weighted by atomic mass is 10.0. The van der Waals surface area contributed by atoms with Gasteiger partial charge < -0.3 is 15.5 Å². The van der Waals surface area contributed by atoms with Crippen LogP contribution in [-0.2, 0) is 6.54 Å². The largest absolute Gasteiger partial charge is 0.371 e. The van der Waals surface area contributed by atoms with Gasteiger partial charge in [0.1, 0.15) is 6.17 Å². The molecule has 1 atom stereocenters. The molecule has 194 valence electrons. The molecule has 2 aliphatic heterocycles. The van der Waals surface area contributed by atoms with Crippen LogP contribution in [0.25, 0.3) is 10.8 Å². The van der Waals surface area contributed by atoms with Crippen LogP contribution in [0.15, 0.2) is 59.4 Å². The van der Waals surface area contributed by atoms with Gasteiger partial charge in [-0.1, -0.05) is 68.7 Å². The van der Waals surface area contributed by atoms with E-state index in [0.29, 0.717) is 12.1 Å². The average molecular weight is 489 g/mol. The lowest BCUT2D eigenvalue weighted by molar-refractivity contribution is 0.178. The molecular weight excluding hydrogens is 444 g/mol. The number of guanidine groups is 1. The number of benzene rings is 2. The zero-order valence-electron chi connectivity index (χ0n) is 22.2. The van der Waals surface area contributed by atoms with E-state index >= 15 is 0 Å².